The van der Waals surface area contributed by atoms with Crippen molar-refractivity contribution in [1.82, 2.24) is 5.32 Å². The van der Waals surface area contributed by atoms with Gasteiger partial charge in [0.05, 0.1) is 7.11 Å². The van der Waals surface area contributed by atoms with E-state index in [1.54, 1.807) is 13.2 Å². The summed E-state index contributed by atoms with van der Waals surface area (Å²) >= 11 is 3.43. The lowest BCUT2D eigenvalue weighted by Gasteiger charge is -2.24. The molecule has 0 aliphatic carbocycles. The molecule has 3 nitrogen and oxygen atoms in total. The molecule has 0 radical (unpaired) electrons. The maximum absolute atomic E-state index is 12.1. The zero-order chi connectivity index (χ0) is 14.5. The van der Waals surface area contributed by atoms with Gasteiger partial charge in [-0.05, 0) is 36.5 Å². The van der Waals surface area contributed by atoms with E-state index in [0.717, 1.165) is 23.1 Å². The Bertz CT molecular complexity index is 444. The molecule has 1 aromatic rings. The molecule has 0 spiro atoms. The second-order valence-electron chi connectivity index (χ2n) is 5.47. The molecule has 4 heteroatoms. The topological polar surface area (TPSA) is 38.3 Å². The SMILES string of the molecule is COc1cc(C(=O)NCC(C)(C)CCBr)ccc1C. The fourth-order valence-corrected chi connectivity index (χ4v) is 2.80. The second kappa shape index (κ2) is 6.94. The van der Waals surface area contributed by atoms with E-state index < -0.39 is 0 Å². The zero-order valence-corrected chi connectivity index (χ0v) is 13.6. The van der Waals surface area contributed by atoms with Crippen LogP contribution in [0, 0.1) is 12.3 Å². The van der Waals surface area contributed by atoms with E-state index in [2.05, 4.69) is 35.1 Å². The van der Waals surface area contributed by atoms with Crippen LogP contribution in [0.25, 0.3) is 0 Å². The lowest BCUT2D eigenvalue weighted by molar-refractivity contribution is 0.0935. The minimum atomic E-state index is -0.0547. The van der Waals surface area contributed by atoms with Gasteiger partial charge < -0.3 is 10.1 Å². The quantitative estimate of drug-likeness (QED) is 0.811. The molecule has 1 amide bonds. The molecule has 0 saturated heterocycles. The van der Waals surface area contributed by atoms with E-state index in [9.17, 15) is 4.79 Å². The van der Waals surface area contributed by atoms with Crippen molar-refractivity contribution in [2.45, 2.75) is 27.2 Å². The van der Waals surface area contributed by atoms with Gasteiger partial charge in [-0.3, -0.25) is 4.79 Å². The molecule has 1 N–H and O–H groups in total. The number of rotatable bonds is 6. The predicted octanol–water partition coefficient (Wildman–Crippen LogP) is 3.54. The molecule has 0 atom stereocenters. The number of methoxy groups -OCH3 is 1. The van der Waals surface area contributed by atoms with Crippen LogP contribution in [-0.4, -0.2) is 24.9 Å². The first-order valence-corrected chi connectivity index (χ1v) is 7.50. The summed E-state index contributed by atoms with van der Waals surface area (Å²) in [7, 11) is 1.61. The molecule has 0 heterocycles. The van der Waals surface area contributed by atoms with Crippen molar-refractivity contribution >= 4 is 21.8 Å². The van der Waals surface area contributed by atoms with Crippen LogP contribution in [0.4, 0.5) is 0 Å². The number of amides is 1. The fraction of sp³-hybridized carbons (Fsp3) is 0.533. The van der Waals surface area contributed by atoms with Crippen LogP contribution in [0.3, 0.4) is 0 Å². The van der Waals surface area contributed by atoms with Crippen LogP contribution in [0.15, 0.2) is 18.2 Å². The van der Waals surface area contributed by atoms with Crippen molar-refractivity contribution in [3.05, 3.63) is 29.3 Å². The molecule has 106 valence electrons. The Hall–Kier alpha value is -1.03. The Balaban J connectivity index is 2.68. The average molecular weight is 328 g/mol. The van der Waals surface area contributed by atoms with Crippen LogP contribution in [0.1, 0.15) is 36.2 Å². The first kappa shape index (κ1) is 16.0. The summed E-state index contributed by atoms with van der Waals surface area (Å²) < 4.78 is 5.23. The van der Waals surface area contributed by atoms with E-state index in [-0.39, 0.29) is 11.3 Å². The maximum atomic E-state index is 12.1. The van der Waals surface area contributed by atoms with Crippen molar-refractivity contribution in [3.63, 3.8) is 0 Å². The van der Waals surface area contributed by atoms with Crippen molar-refractivity contribution in [2.75, 3.05) is 19.0 Å². The third kappa shape index (κ3) is 4.86. The van der Waals surface area contributed by atoms with E-state index >= 15 is 0 Å². The Labute approximate surface area is 123 Å². The van der Waals surface area contributed by atoms with Gasteiger partial charge >= 0.3 is 0 Å². The molecule has 0 bridgehead atoms. The van der Waals surface area contributed by atoms with Crippen LogP contribution < -0.4 is 10.1 Å². The van der Waals surface area contributed by atoms with Crippen LogP contribution in [-0.2, 0) is 0 Å². The number of hydrogen-bond donors (Lipinski definition) is 1. The Morgan fingerprint density at radius 3 is 2.68 bits per heavy atom. The standard InChI is InChI=1S/C15H22BrNO2/c1-11-5-6-12(9-13(11)19-4)14(18)17-10-15(2,3)7-8-16/h5-6,9H,7-8,10H2,1-4H3,(H,17,18). The Kier molecular flexibility index (Phi) is 5.85. The van der Waals surface area contributed by atoms with Gasteiger partial charge in [0.25, 0.3) is 5.91 Å². The van der Waals surface area contributed by atoms with E-state index in [1.807, 2.05) is 19.1 Å². The number of aryl methyl sites for hydroxylation is 1. The molecule has 1 aromatic carbocycles. The predicted molar refractivity (Wildman–Crippen MR) is 82.3 cm³/mol. The Morgan fingerprint density at radius 2 is 2.11 bits per heavy atom. The number of carbonyl (C=O) groups excluding carboxylic acids is 1. The molecular formula is C15H22BrNO2. The third-order valence-corrected chi connectivity index (χ3v) is 3.57. The summed E-state index contributed by atoms with van der Waals surface area (Å²) in [5, 5.41) is 3.92. The van der Waals surface area contributed by atoms with Crippen LogP contribution in [0.5, 0.6) is 5.75 Å². The monoisotopic (exact) mass is 327 g/mol. The highest BCUT2D eigenvalue weighted by atomic mass is 79.9. The van der Waals surface area contributed by atoms with Gasteiger partial charge in [-0.1, -0.05) is 35.8 Å². The fourth-order valence-electron chi connectivity index (χ4n) is 1.73. The molecule has 0 saturated carbocycles. The molecule has 0 aliphatic heterocycles. The number of benzene rings is 1. The third-order valence-electron chi connectivity index (χ3n) is 3.17. The molecule has 0 fully saturated rings. The van der Waals surface area contributed by atoms with Gasteiger partial charge in [-0.25, -0.2) is 0 Å². The number of carbonyl (C=O) groups is 1. The van der Waals surface area contributed by atoms with Crippen LogP contribution in [0.2, 0.25) is 0 Å². The number of halogens is 1. The smallest absolute Gasteiger partial charge is 0.251 e. The Morgan fingerprint density at radius 1 is 1.42 bits per heavy atom. The maximum Gasteiger partial charge on any atom is 0.251 e. The minimum Gasteiger partial charge on any atom is -0.496 e. The summed E-state index contributed by atoms with van der Waals surface area (Å²) in [6, 6.07) is 5.50. The molecular weight excluding hydrogens is 306 g/mol. The lowest BCUT2D eigenvalue weighted by Crippen LogP contribution is -2.34. The molecule has 0 aliphatic rings. The average Bonchev–Trinajstić information content (AvgIpc) is 2.36. The van der Waals surface area contributed by atoms with Crippen molar-refractivity contribution in [2.24, 2.45) is 5.41 Å². The lowest BCUT2D eigenvalue weighted by atomic mass is 9.90. The summed E-state index contributed by atoms with van der Waals surface area (Å²) in [6.07, 6.45) is 1.02. The highest BCUT2D eigenvalue weighted by molar-refractivity contribution is 9.09. The highest BCUT2D eigenvalue weighted by Crippen LogP contribution is 2.21. The van der Waals surface area contributed by atoms with E-state index in [1.165, 1.54) is 0 Å². The van der Waals surface area contributed by atoms with Gasteiger partial charge in [0.15, 0.2) is 0 Å². The van der Waals surface area contributed by atoms with Gasteiger partial charge in [-0.15, -0.1) is 0 Å². The van der Waals surface area contributed by atoms with Crippen molar-refractivity contribution < 1.29 is 9.53 Å². The highest BCUT2D eigenvalue weighted by Gasteiger charge is 2.18. The van der Waals surface area contributed by atoms with Gasteiger partial charge in [-0.2, -0.15) is 0 Å². The van der Waals surface area contributed by atoms with Crippen molar-refractivity contribution in [1.29, 1.82) is 0 Å². The molecule has 0 unspecified atom stereocenters. The second-order valence-corrected chi connectivity index (χ2v) is 6.26. The molecule has 0 aromatic heterocycles. The summed E-state index contributed by atoms with van der Waals surface area (Å²) in [4.78, 5) is 12.1. The largest absolute Gasteiger partial charge is 0.496 e. The summed E-state index contributed by atoms with van der Waals surface area (Å²) in [6.45, 7) is 6.90. The first-order chi connectivity index (χ1) is 8.89. The molecule has 19 heavy (non-hydrogen) atoms. The summed E-state index contributed by atoms with van der Waals surface area (Å²) in [5.41, 5.74) is 1.75. The van der Waals surface area contributed by atoms with Crippen LogP contribution >= 0.6 is 15.9 Å². The van der Waals surface area contributed by atoms with Gasteiger partial charge in [0.1, 0.15) is 5.75 Å². The van der Waals surface area contributed by atoms with Crippen molar-refractivity contribution in [3.8, 4) is 5.75 Å². The van der Waals surface area contributed by atoms with Gasteiger partial charge in [0.2, 0.25) is 0 Å². The number of ether oxygens (including phenoxy) is 1. The number of nitrogens with one attached hydrogen (secondary N) is 1. The normalized spacial score (nSPS) is 11.2. The van der Waals surface area contributed by atoms with Gasteiger partial charge in [0, 0.05) is 17.4 Å². The number of alkyl halides is 1. The minimum absolute atomic E-state index is 0.0547. The number of hydrogen-bond acceptors (Lipinski definition) is 2. The molecule has 1 rings (SSSR count). The first-order valence-electron chi connectivity index (χ1n) is 6.38. The summed E-state index contributed by atoms with van der Waals surface area (Å²) in [5.74, 6) is 0.688. The van der Waals surface area contributed by atoms with E-state index in [4.69, 9.17) is 4.74 Å². The van der Waals surface area contributed by atoms with E-state index in [0.29, 0.717) is 12.1 Å². The zero-order valence-electron chi connectivity index (χ0n) is 12.0.